The van der Waals surface area contributed by atoms with Crippen LogP contribution in [0.1, 0.15) is 28.5 Å². The van der Waals surface area contributed by atoms with Gasteiger partial charge in [0.25, 0.3) is 0 Å². The topological polar surface area (TPSA) is 54.4 Å². The summed E-state index contributed by atoms with van der Waals surface area (Å²) >= 11 is 0. The molecule has 0 saturated carbocycles. The number of alkyl halides is 6. The van der Waals surface area contributed by atoms with Gasteiger partial charge < -0.3 is 15.2 Å². The molecule has 1 heterocycles. The Balaban J connectivity index is 1.83. The van der Waals surface area contributed by atoms with E-state index in [1.54, 1.807) is 0 Å². The van der Waals surface area contributed by atoms with Crippen LogP contribution in [0.4, 0.5) is 26.3 Å². The summed E-state index contributed by atoms with van der Waals surface area (Å²) in [5, 5.41) is 13.8. The maximum absolute atomic E-state index is 13.5. The van der Waals surface area contributed by atoms with Gasteiger partial charge in [-0.15, -0.1) is 0 Å². The zero-order valence-electron chi connectivity index (χ0n) is 18.7. The van der Waals surface area contributed by atoms with E-state index in [-0.39, 0.29) is 29.4 Å². The van der Waals surface area contributed by atoms with E-state index in [0.717, 1.165) is 35.9 Å². The molecule has 0 aliphatic rings. The summed E-state index contributed by atoms with van der Waals surface area (Å²) in [6, 6.07) is 14.9. The Kier molecular flexibility index (Phi) is 8.52. The van der Waals surface area contributed by atoms with Gasteiger partial charge in [-0.3, -0.25) is 0 Å². The fraction of sp³-hybridized carbons (Fsp3) is 0.320. The number of pyridine rings is 1. The Morgan fingerprint density at radius 3 is 2.14 bits per heavy atom. The molecular weight excluding hydrogens is 474 g/mol. The van der Waals surface area contributed by atoms with E-state index in [0.29, 0.717) is 13.0 Å². The van der Waals surface area contributed by atoms with Crippen LogP contribution < -0.4 is 5.32 Å². The van der Waals surface area contributed by atoms with Gasteiger partial charge in [-0.2, -0.15) is 26.3 Å². The standard InChI is InChI=1S/C25H24F6N2O2/c1-35-15-20(11-16-5-3-2-4-6-16)32-14-22(34)18-12-21(33-23(13-18)25(29,30)31)17-7-9-19(10-8-17)24(26,27)28/h2-10,12-13,20,22,32,34H,11,14-15H2,1H3/t20?,22-/m0/s1. The van der Waals surface area contributed by atoms with Crippen molar-refractivity contribution >= 4 is 0 Å². The normalized spacial score (nSPS) is 14.1. The summed E-state index contributed by atoms with van der Waals surface area (Å²) in [6.07, 6.45) is -10.1. The zero-order chi connectivity index (χ0) is 25.6. The first-order valence-corrected chi connectivity index (χ1v) is 10.7. The lowest BCUT2D eigenvalue weighted by Gasteiger charge is -2.21. The van der Waals surface area contributed by atoms with Gasteiger partial charge in [0.2, 0.25) is 0 Å². The predicted octanol–water partition coefficient (Wildman–Crippen LogP) is 5.67. The van der Waals surface area contributed by atoms with E-state index in [9.17, 15) is 31.4 Å². The van der Waals surface area contributed by atoms with Crippen LogP contribution in [0.3, 0.4) is 0 Å². The summed E-state index contributed by atoms with van der Waals surface area (Å²) in [7, 11) is 1.52. The highest BCUT2D eigenvalue weighted by atomic mass is 19.4. The maximum Gasteiger partial charge on any atom is 0.433 e. The first-order valence-electron chi connectivity index (χ1n) is 10.7. The molecule has 0 amide bonds. The molecule has 0 aliphatic carbocycles. The van der Waals surface area contributed by atoms with Crippen LogP contribution in [0.2, 0.25) is 0 Å². The van der Waals surface area contributed by atoms with E-state index < -0.39 is 29.7 Å². The molecule has 0 fully saturated rings. The lowest BCUT2D eigenvalue weighted by atomic mass is 10.0. The number of rotatable bonds is 9. The number of benzene rings is 2. The van der Waals surface area contributed by atoms with Crippen molar-refractivity contribution in [1.29, 1.82) is 0 Å². The third kappa shape index (κ3) is 7.51. The summed E-state index contributed by atoms with van der Waals surface area (Å²) in [5.41, 5.74) is -1.36. The summed E-state index contributed by atoms with van der Waals surface area (Å²) in [6.45, 7) is 0.233. The van der Waals surface area contributed by atoms with Crippen molar-refractivity contribution in [1.82, 2.24) is 10.3 Å². The number of hydrogen-bond donors (Lipinski definition) is 2. The van der Waals surface area contributed by atoms with Crippen LogP contribution in [0, 0.1) is 0 Å². The number of aliphatic hydroxyl groups excluding tert-OH is 1. The molecule has 1 aromatic heterocycles. The molecule has 3 aromatic rings. The maximum atomic E-state index is 13.5. The number of aliphatic hydroxyl groups is 1. The quantitative estimate of drug-likeness (QED) is 0.374. The molecule has 2 aromatic carbocycles. The molecule has 10 heteroatoms. The molecule has 0 radical (unpaired) electrons. The number of halogens is 6. The van der Waals surface area contributed by atoms with Gasteiger partial charge in [0, 0.05) is 25.3 Å². The van der Waals surface area contributed by atoms with Gasteiger partial charge in [-0.1, -0.05) is 42.5 Å². The van der Waals surface area contributed by atoms with Crippen LogP contribution in [0.5, 0.6) is 0 Å². The largest absolute Gasteiger partial charge is 0.433 e. The van der Waals surface area contributed by atoms with Crippen molar-refractivity contribution in [3.05, 3.63) is 89.1 Å². The van der Waals surface area contributed by atoms with Gasteiger partial charge in [-0.05, 0) is 41.8 Å². The van der Waals surface area contributed by atoms with E-state index in [1.807, 2.05) is 30.3 Å². The summed E-state index contributed by atoms with van der Waals surface area (Å²) in [4.78, 5) is 3.57. The number of nitrogens with zero attached hydrogens (tertiary/aromatic N) is 1. The predicted molar refractivity (Wildman–Crippen MR) is 118 cm³/mol. The van der Waals surface area contributed by atoms with Crippen molar-refractivity contribution in [3.63, 3.8) is 0 Å². The Morgan fingerprint density at radius 2 is 1.57 bits per heavy atom. The van der Waals surface area contributed by atoms with Crippen LogP contribution in [0.25, 0.3) is 11.3 Å². The third-order valence-corrected chi connectivity index (χ3v) is 5.32. The molecular formula is C25H24F6N2O2. The van der Waals surface area contributed by atoms with Crippen molar-refractivity contribution in [2.45, 2.75) is 30.9 Å². The van der Waals surface area contributed by atoms with Gasteiger partial charge in [0.05, 0.1) is 24.0 Å². The highest BCUT2D eigenvalue weighted by molar-refractivity contribution is 5.61. The molecule has 1 unspecified atom stereocenters. The van der Waals surface area contributed by atoms with E-state index >= 15 is 0 Å². The zero-order valence-corrected chi connectivity index (χ0v) is 18.7. The second-order valence-electron chi connectivity index (χ2n) is 8.01. The van der Waals surface area contributed by atoms with Gasteiger partial charge >= 0.3 is 12.4 Å². The molecule has 188 valence electrons. The minimum absolute atomic E-state index is 0.0619. The summed E-state index contributed by atoms with van der Waals surface area (Å²) < 4.78 is 84.2. The Bertz CT molecular complexity index is 1090. The summed E-state index contributed by atoms with van der Waals surface area (Å²) in [5.74, 6) is 0. The van der Waals surface area contributed by atoms with E-state index in [4.69, 9.17) is 4.74 Å². The number of methoxy groups -OCH3 is 1. The molecule has 2 N–H and O–H groups in total. The lowest BCUT2D eigenvalue weighted by Crippen LogP contribution is -2.38. The minimum Gasteiger partial charge on any atom is -0.387 e. The second kappa shape index (κ2) is 11.2. The van der Waals surface area contributed by atoms with Gasteiger partial charge in [0.1, 0.15) is 5.69 Å². The lowest BCUT2D eigenvalue weighted by molar-refractivity contribution is -0.141. The number of hydrogen-bond acceptors (Lipinski definition) is 4. The highest BCUT2D eigenvalue weighted by Crippen LogP contribution is 2.34. The number of nitrogens with one attached hydrogen (secondary N) is 1. The van der Waals surface area contributed by atoms with Crippen LogP contribution in [-0.4, -0.2) is 36.4 Å². The first-order chi connectivity index (χ1) is 16.5. The average Bonchev–Trinajstić information content (AvgIpc) is 2.82. The SMILES string of the molecule is COCC(Cc1ccccc1)NC[C@H](O)c1cc(-c2ccc(C(F)(F)F)cc2)nc(C(F)(F)F)c1. The Labute approximate surface area is 198 Å². The first kappa shape index (κ1) is 26.7. The molecule has 2 atom stereocenters. The van der Waals surface area contributed by atoms with Crippen molar-refractivity contribution < 1.29 is 36.2 Å². The van der Waals surface area contributed by atoms with E-state index in [1.165, 1.54) is 13.2 Å². The molecule has 4 nitrogen and oxygen atoms in total. The molecule has 0 spiro atoms. The van der Waals surface area contributed by atoms with Crippen LogP contribution in [-0.2, 0) is 23.5 Å². The third-order valence-electron chi connectivity index (χ3n) is 5.32. The fourth-order valence-electron chi connectivity index (χ4n) is 3.55. The van der Waals surface area contributed by atoms with Crippen molar-refractivity contribution in [3.8, 4) is 11.3 Å². The Morgan fingerprint density at radius 1 is 0.914 bits per heavy atom. The fourth-order valence-corrected chi connectivity index (χ4v) is 3.55. The highest BCUT2D eigenvalue weighted by Gasteiger charge is 2.34. The minimum atomic E-state index is -4.81. The van der Waals surface area contributed by atoms with Gasteiger partial charge in [-0.25, -0.2) is 4.98 Å². The molecule has 0 aliphatic heterocycles. The van der Waals surface area contributed by atoms with Crippen LogP contribution in [0.15, 0.2) is 66.7 Å². The molecule has 0 bridgehead atoms. The molecule has 35 heavy (non-hydrogen) atoms. The average molecular weight is 498 g/mol. The van der Waals surface area contributed by atoms with Crippen molar-refractivity contribution in [2.75, 3.05) is 20.3 Å². The monoisotopic (exact) mass is 498 g/mol. The molecule has 3 rings (SSSR count). The van der Waals surface area contributed by atoms with E-state index in [2.05, 4.69) is 10.3 Å². The number of aromatic nitrogens is 1. The number of ether oxygens (including phenoxy) is 1. The Hall–Kier alpha value is -2.95. The van der Waals surface area contributed by atoms with Gasteiger partial charge in [0.15, 0.2) is 0 Å². The van der Waals surface area contributed by atoms with Crippen LogP contribution >= 0.6 is 0 Å². The smallest absolute Gasteiger partial charge is 0.387 e. The molecule has 0 saturated heterocycles. The second-order valence-corrected chi connectivity index (χ2v) is 8.01. The van der Waals surface area contributed by atoms with Crippen molar-refractivity contribution in [2.24, 2.45) is 0 Å².